The van der Waals surface area contributed by atoms with Crippen molar-refractivity contribution in [3.63, 3.8) is 0 Å². The normalized spacial score (nSPS) is 17.9. The Hall–Kier alpha value is -0.680. The predicted octanol–water partition coefficient (Wildman–Crippen LogP) is 2.64. The summed E-state index contributed by atoms with van der Waals surface area (Å²) in [5.41, 5.74) is 0.574. The largest absolute Gasteiger partial charge is 0.475 e. The fourth-order valence-corrected chi connectivity index (χ4v) is 3.15. The van der Waals surface area contributed by atoms with Crippen molar-refractivity contribution in [2.24, 2.45) is 0 Å². The van der Waals surface area contributed by atoms with Crippen LogP contribution in [-0.4, -0.2) is 27.7 Å². The van der Waals surface area contributed by atoms with E-state index in [-0.39, 0.29) is 16.8 Å². The molecule has 1 aliphatic heterocycles. The van der Waals surface area contributed by atoms with Crippen molar-refractivity contribution in [3.05, 3.63) is 16.5 Å². The minimum Gasteiger partial charge on any atom is -0.475 e. The van der Waals surface area contributed by atoms with Crippen LogP contribution in [0.5, 0.6) is 0 Å². The Bertz CT molecular complexity index is 373. The summed E-state index contributed by atoms with van der Waals surface area (Å²) in [6.45, 7) is 0. The number of hydrogen-bond acceptors (Lipinski definition) is 4. The van der Waals surface area contributed by atoms with Gasteiger partial charge in [-0.05, 0) is 30.3 Å². The van der Waals surface area contributed by atoms with E-state index in [0.29, 0.717) is 5.56 Å². The Morgan fingerprint density at radius 1 is 1.53 bits per heavy atom. The second kappa shape index (κ2) is 4.45. The van der Waals surface area contributed by atoms with E-state index in [1.54, 1.807) is 0 Å². The lowest BCUT2D eigenvalue weighted by molar-refractivity contribution is 0.0649. The summed E-state index contributed by atoms with van der Waals surface area (Å²) in [6, 6.07) is 0. The predicted molar refractivity (Wildman–Crippen MR) is 57.8 cm³/mol. The average Bonchev–Trinajstić information content (AvgIpc) is 2.61. The Labute approximate surface area is 96.0 Å². The molecule has 4 nitrogen and oxygen atoms in total. The topological polar surface area (TPSA) is 63.3 Å². The second-order valence-electron chi connectivity index (χ2n) is 3.41. The van der Waals surface area contributed by atoms with Gasteiger partial charge >= 0.3 is 5.97 Å². The molecular formula is C9H10ClNO3S. The number of nitrogens with zero attached hydrogens (tertiary/aromatic N) is 1. The average molecular weight is 248 g/mol. The molecule has 0 saturated carbocycles. The number of carboxylic acids is 1. The first-order chi connectivity index (χ1) is 7.20. The number of thioether (sulfide) groups is 1. The Morgan fingerprint density at radius 3 is 2.80 bits per heavy atom. The fourth-order valence-electron chi connectivity index (χ4n) is 1.77. The number of aromatic carboxylic acids is 1. The zero-order chi connectivity index (χ0) is 10.8. The highest BCUT2D eigenvalue weighted by atomic mass is 35.5. The van der Waals surface area contributed by atoms with Gasteiger partial charge in [-0.1, -0.05) is 16.8 Å². The molecule has 0 unspecified atom stereocenters. The van der Waals surface area contributed by atoms with Crippen molar-refractivity contribution in [2.45, 2.75) is 18.8 Å². The third-order valence-electron chi connectivity index (χ3n) is 2.51. The fraction of sp³-hybridized carbons (Fsp3) is 0.556. The highest BCUT2D eigenvalue weighted by Gasteiger charge is 2.28. The van der Waals surface area contributed by atoms with Crippen molar-refractivity contribution < 1.29 is 14.4 Å². The van der Waals surface area contributed by atoms with Crippen molar-refractivity contribution in [2.75, 3.05) is 11.5 Å². The molecule has 0 atom stereocenters. The molecule has 1 aromatic heterocycles. The van der Waals surface area contributed by atoms with Crippen LogP contribution in [0.1, 0.15) is 34.9 Å². The van der Waals surface area contributed by atoms with Crippen LogP contribution >= 0.6 is 23.4 Å². The summed E-state index contributed by atoms with van der Waals surface area (Å²) in [7, 11) is 0. The zero-order valence-corrected chi connectivity index (χ0v) is 9.48. The maximum Gasteiger partial charge on any atom is 0.375 e. The van der Waals surface area contributed by atoms with Crippen LogP contribution in [0.15, 0.2) is 4.52 Å². The molecule has 0 amide bonds. The van der Waals surface area contributed by atoms with E-state index in [1.165, 1.54) is 0 Å². The molecule has 82 valence electrons. The molecule has 1 aromatic rings. The Kier molecular flexibility index (Phi) is 3.21. The van der Waals surface area contributed by atoms with Gasteiger partial charge in [0.1, 0.15) is 0 Å². The van der Waals surface area contributed by atoms with Gasteiger partial charge in [-0.2, -0.15) is 11.8 Å². The third-order valence-corrected chi connectivity index (χ3v) is 3.83. The van der Waals surface area contributed by atoms with Crippen LogP contribution in [0, 0.1) is 0 Å². The molecule has 2 heterocycles. The maximum absolute atomic E-state index is 10.9. The van der Waals surface area contributed by atoms with Crippen LogP contribution in [-0.2, 0) is 0 Å². The standard InChI is InChI=1S/C9H10ClNO3S/c10-8-6(5-1-3-15-4-2-5)7(9(12)13)14-11-8/h5H,1-4H2,(H,12,13). The van der Waals surface area contributed by atoms with E-state index in [1.807, 2.05) is 11.8 Å². The number of carbonyl (C=O) groups is 1. The number of carboxylic acid groups (broad SMARTS) is 1. The first kappa shape index (κ1) is 10.8. The summed E-state index contributed by atoms with van der Waals surface area (Å²) < 4.78 is 4.72. The van der Waals surface area contributed by atoms with E-state index in [4.69, 9.17) is 21.2 Å². The van der Waals surface area contributed by atoms with Gasteiger partial charge in [0.15, 0.2) is 5.15 Å². The summed E-state index contributed by atoms with van der Waals surface area (Å²) in [4.78, 5) is 10.9. The molecule has 15 heavy (non-hydrogen) atoms. The Morgan fingerprint density at radius 2 is 2.20 bits per heavy atom. The van der Waals surface area contributed by atoms with Crippen LogP contribution < -0.4 is 0 Å². The van der Waals surface area contributed by atoms with Crippen LogP contribution in [0.2, 0.25) is 5.15 Å². The molecule has 2 rings (SSSR count). The molecule has 6 heteroatoms. The van der Waals surface area contributed by atoms with Gasteiger partial charge in [-0.25, -0.2) is 4.79 Å². The van der Waals surface area contributed by atoms with Gasteiger partial charge in [0.05, 0.1) is 0 Å². The monoisotopic (exact) mass is 247 g/mol. The van der Waals surface area contributed by atoms with Crippen LogP contribution in [0.3, 0.4) is 0 Å². The Balaban J connectivity index is 2.32. The quantitative estimate of drug-likeness (QED) is 0.870. The van der Waals surface area contributed by atoms with Gasteiger partial charge in [-0.15, -0.1) is 0 Å². The van der Waals surface area contributed by atoms with Gasteiger partial charge in [0.25, 0.3) is 0 Å². The van der Waals surface area contributed by atoms with E-state index in [2.05, 4.69) is 5.16 Å². The minimum atomic E-state index is -1.09. The van der Waals surface area contributed by atoms with E-state index in [0.717, 1.165) is 24.3 Å². The molecule has 0 aliphatic carbocycles. The number of hydrogen-bond donors (Lipinski definition) is 1. The van der Waals surface area contributed by atoms with Crippen molar-refractivity contribution >= 4 is 29.3 Å². The molecule has 0 spiro atoms. The molecular weight excluding hydrogens is 238 g/mol. The summed E-state index contributed by atoms with van der Waals surface area (Å²) in [5.74, 6) is 1.05. The molecule has 1 fully saturated rings. The molecule has 1 saturated heterocycles. The van der Waals surface area contributed by atoms with E-state index >= 15 is 0 Å². The lowest BCUT2D eigenvalue weighted by Gasteiger charge is -2.20. The van der Waals surface area contributed by atoms with Crippen LogP contribution in [0.4, 0.5) is 0 Å². The van der Waals surface area contributed by atoms with Crippen LogP contribution in [0.25, 0.3) is 0 Å². The van der Waals surface area contributed by atoms with Gasteiger partial charge in [0.2, 0.25) is 5.76 Å². The highest BCUT2D eigenvalue weighted by Crippen LogP contribution is 2.37. The maximum atomic E-state index is 10.9. The molecule has 1 aliphatic rings. The number of rotatable bonds is 2. The number of aromatic nitrogens is 1. The first-order valence-corrected chi connectivity index (χ1v) is 6.19. The first-order valence-electron chi connectivity index (χ1n) is 4.66. The lowest BCUT2D eigenvalue weighted by atomic mass is 9.94. The van der Waals surface area contributed by atoms with Crippen molar-refractivity contribution in [1.29, 1.82) is 0 Å². The van der Waals surface area contributed by atoms with Gasteiger partial charge in [0, 0.05) is 5.56 Å². The van der Waals surface area contributed by atoms with Gasteiger partial charge < -0.3 is 9.63 Å². The lowest BCUT2D eigenvalue weighted by Crippen LogP contribution is -2.11. The molecule has 0 radical (unpaired) electrons. The summed E-state index contributed by atoms with van der Waals surface area (Å²) >= 11 is 7.72. The van der Waals surface area contributed by atoms with Crippen molar-refractivity contribution in [1.82, 2.24) is 5.16 Å². The third kappa shape index (κ3) is 2.13. The highest BCUT2D eigenvalue weighted by molar-refractivity contribution is 7.99. The number of halogens is 1. The molecule has 0 aromatic carbocycles. The SMILES string of the molecule is O=C(O)c1onc(Cl)c1C1CCSCC1. The second-order valence-corrected chi connectivity index (χ2v) is 4.99. The molecule has 1 N–H and O–H groups in total. The summed E-state index contributed by atoms with van der Waals surface area (Å²) in [5, 5.41) is 12.6. The molecule has 0 bridgehead atoms. The smallest absolute Gasteiger partial charge is 0.375 e. The minimum absolute atomic E-state index is 0.100. The van der Waals surface area contributed by atoms with Gasteiger partial charge in [-0.3, -0.25) is 0 Å². The zero-order valence-electron chi connectivity index (χ0n) is 7.90. The summed E-state index contributed by atoms with van der Waals surface area (Å²) in [6.07, 6.45) is 1.87. The van der Waals surface area contributed by atoms with E-state index < -0.39 is 5.97 Å². The van der Waals surface area contributed by atoms with E-state index in [9.17, 15) is 4.79 Å². The van der Waals surface area contributed by atoms with Crippen molar-refractivity contribution in [3.8, 4) is 0 Å².